The van der Waals surface area contributed by atoms with Crippen LogP contribution in [0.2, 0.25) is 0 Å². The number of piperidine rings is 1. The van der Waals surface area contributed by atoms with Gasteiger partial charge in [-0.25, -0.2) is 4.39 Å². The molecule has 0 unspecified atom stereocenters. The van der Waals surface area contributed by atoms with Crippen LogP contribution in [-0.4, -0.2) is 28.5 Å². The molecule has 1 amide bonds. The maximum atomic E-state index is 13.0. The molecule has 2 aliphatic rings. The lowest BCUT2D eigenvalue weighted by Gasteiger charge is -2.42. The minimum Gasteiger partial charge on any atom is -0.336 e. The van der Waals surface area contributed by atoms with E-state index >= 15 is 0 Å². The van der Waals surface area contributed by atoms with E-state index in [0.29, 0.717) is 19.6 Å². The van der Waals surface area contributed by atoms with E-state index in [-0.39, 0.29) is 17.4 Å². The molecular weight excluding hydrogens is 247 g/mol. The Balaban J connectivity index is 1.94. The number of rotatable bonds is 1. The molecular formula is C14H15FN2O2. The van der Waals surface area contributed by atoms with Crippen LogP contribution in [0.25, 0.3) is 0 Å². The van der Waals surface area contributed by atoms with Crippen molar-refractivity contribution < 1.29 is 9.18 Å². The van der Waals surface area contributed by atoms with Crippen LogP contribution in [0.4, 0.5) is 4.39 Å². The Morgan fingerprint density at radius 3 is 2.84 bits per heavy atom. The average Bonchev–Trinajstić information content (AvgIpc) is 2.39. The summed E-state index contributed by atoms with van der Waals surface area (Å²) in [7, 11) is 0. The number of amides is 1. The second-order valence-electron chi connectivity index (χ2n) is 5.31. The van der Waals surface area contributed by atoms with Gasteiger partial charge in [0.05, 0.1) is 0 Å². The molecule has 0 aromatic carbocycles. The first-order valence-electron chi connectivity index (χ1n) is 6.39. The minimum absolute atomic E-state index is 0.00174. The van der Waals surface area contributed by atoms with Gasteiger partial charge >= 0.3 is 0 Å². The number of pyridine rings is 1. The lowest BCUT2D eigenvalue weighted by molar-refractivity contribution is -0.131. The maximum absolute atomic E-state index is 13.0. The lowest BCUT2D eigenvalue weighted by atomic mass is 9.83. The number of halogens is 1. The fourth-order valence-electron chi connectivity index (χ4n) is 3.23. The van der Waals surface area contributed by atoms with Crippen LogP contribution >= 0.6 is 0 Å². The van der Waals surface area contributed by atoms with Gasteiger partial charge in [0, 0.05) is 37.3 Å². The fourth-order valence-corrected chi connectivity index (χ4v) is 3.23. The molecule has 5 heteroatoms. The highest BCUT2D eigenvalue weighted by Gasteiger charge is 2.36. The highest BCUT2D eigenvalue weighted by molar-refractivity contribution is 5.90. The molecule has 3 heterocycles. The van der Waals surface area contributed by atoms with E-state index in [2.05, 4.69) is 6.58 Å². The number of carbonyl (C=O) groups excluding carboxylic acids is 1. The van der Waals surface area contributed by atoms with Crippen molar-refractivity contribution in [2.45, 2.75) is 18.9 Å². The zero-order chi connectivity index (χ0) is 13.6. The molecule has 0 N–H and O–H groups in total. The summed E-state index contributed by atoms with van der Waals surface area (Å²) in [5, 5.41) is 0. The summed E-state index contributed by atoms with van der Waals surface area (Å²) in [4.78, 5) is 25.0. The molecule has 0 radical (unpaired) electrons. The SMILES string of the molecule is C=C(F)C(=O)N1C[C@@H]2C[C@H](C1)c1cccc(=O)n1C2. The third-order valence-corrected chi connectivity index (χ3v) is 4.00. The second-order valence-corrected chi connectivity index (χ2v) is 5.31. The molecule has 1 aromatic rings. The first kappa shape index (κ1) is 12.1. The van der Waals surface area contributed by atoms with Gasteiger partial charge in [-0.3, -0.25) is 9.59 Å². The first-order valence-corrected chi connectivity index (χ1v) is 6.39. The Hall–Kier alpha value is -1.91. The average molecular weight is 262 g/mol. The number of likely N-dealkylation sites (tertiary alicyclic amines) is 1. The number of hydrogen-bond donors (Lipinski definition) is 0. The highest BCUT2D eigenvalue weighted by Crippen LogP contribution is 2.35. The van der Waals surface area contributed by atoms with Gasteiger partial charge in [0.2, 0.25) is 0 Å². The Bertz CT molecular complexity index is 608. The number of carbonyl (C=O) groups is 1. The van der Waals surface area contributed by atoms with Crippen LogP contribution in [0.15, 0.2) is 35.4 Å². The van der Waals surface area contributed by atoms with Crippen LogP contribution < -0.4 is 5.56 Å². The Labute approximate surface area is 110 Å². The maximum Gasteiger partial charge on any atom is 0.281 e. The van der Waals surface area contributed by atoms with Crippen LogP contribution in [0.1, 0.15) is 18.0 Å². The van der Waals surface area contributed by atoms with E-state index in [1.54, 1.807) is 16.7 Å². The summed E-state index contributed by atoms with van der Waals surface area (Å²) < 4.78 is 14.8. The molecule has 0 saturated carbocycles. The lowest BCUT2D eigenvalue weighted by Crippen LogP contribution is -2.49. The third kappa shape index (κ3) is 1.99. The molecule has 100 valence electrons. The predicted molar refractivity (Wildman–Crippen MR) is 68.4 cm³/mol. The summed E-state index contributed by atoms with van der Waals surface area (Å²) >= 11 is 0. The van der Waals surface area contributed by atoms with Crippen molar-refractivity contribution in [2.24, 2.45) is 5.92 Å². The van der Waals surface area contributed by atoms with E-state index < -0.39 is 11.7 Å². The molecule has 0 aliphatic carbocycles. The van der Waals surface area contributed by atoms with Crippen LogP contribution in [0, 0.1) is 5.92 Å². The fraction of sp³-hybridized carbons (Fsp3) is 0.429. The normalized spacial score (nSPS) is 24.8. The highest BCUT2D eigenvalue weighted by atomic mass is 19.1. The van der Waals surface area contributed by atoms with Gasteiger partial charge in [-0.05, 0) is 18.4 Å². The smallest absolute Gasteiger partial charge is 0.281 e. The molecule has 3 rings (SSSR count). The third-order valence-electron chi connectivity index (χ3n) is 4.00. The van der Waals surface area contributed by atoms with E-state index in [0.717, 1.165) is 12.1 Å². The summed E-state index contributed by atoms with van der Waals surface area (Å²) in [6.45, 7) is 4.63. The van der Waals surface area contributed by atoms with Crippen LogP contribution in [0.5, 0.6) is 0 Å². The van der Waals surface area contributed by atoms with Gasteiger partial charge in [-0.15, -0.1) is 0 Å². The molecule has 2 aliphatic heterocycles. The minimum atomic E-state index is -0.912. The molecule has 2 atom stereocenters. The molecule has 4 nitrogen and oxygen atoms in total. The number of nitrogens with zero attached hydrogens (tertiary/aromatic N) is 2. The van der Waals surface area contributed by atoms with E-state index in [1.165, 1.54) is 4.90 Å². The predicted octanol–water partition coefficient (Wildman–Crippen LogP) is 1.28. The van der Waals surface area contributed by atoms with Crippen molar-refractivity contribution in [3.63, 3.8) is 0 Å². The van der Waals surface area contributed by atoms with Gasteiger partial charge < -0.3 is 9.47 Å². The molecule has 1 fully saturated rings. The molecule has 2 bridgehead atoms. The van der Waals surface area contributed by atoms with Gasteiger partial charge in [0.15, 0.2) is 5.83 Å². The first-order chi connectivity index (χ1) is 9.06. The van der Waals surface area contributed by atoms with Crippen LogP contribution in [-0.2, 0) is 11.3 Å². The number of fused-ring (bicyclic) bond motifs is 4. The van der Waals surface area contributed by atoms with Crippen molar-refractivity contribution in [3.8, 4) is 0 Å². The molecule has 1 aromatic heterocycles. The summed E-state index contributed by atoms with van der Waals surface area (Å²) in [5.74, 6) is -1.20. The Morgan fingerprint density at radius 2 is 2.11 bits per heavy atom. The Morgan fingerprint density at radius 1 is 1.32 bits per heavy atom. The molecule has 19 heavy (non-hydrogen) atoms. The van der Waals surface area contributed by atoms with E-state index in [9.17, 15) is 14.0 Å². The van der Waals surface area contributed by atoms with Gasteiger partial charge in [0.1, 0.15) is 0 Å². The van der Waals surface area contributed by atoms with Crippen molar-refractivity contribution in [1.29, 1.82) is 0 Å². The summed E-state index contributed by atoms with van der Waals surface area (Å²) in [5.41, 5.74) is 0.951. The topological polar surface area (TPSA) is 42.3 Å². The number of hydrogen-bond acceptors (Lipinski definition) is 2. The second kappa shape index (κ2) is 4.33. The Kier molecular flexibility index (Phi) is 2.77. The largest absolute Gasteiger partial charge is 0.336 e. The monoisotopic (exact) mass is 262 g/mol. The zero-order valence-corrected chi connectivity index (χ0v) is 10.5. The quantitative estimate of drug-likeness (QED) is 0.715. The van der Waals surface area contributed by atoms with Crippen molar-refractivity contribution >= 4 is 5.91 Å². The van der Waals surface area contributed by atoms with E-state index in [4.69, 9.17) is 0 Å². The van der Waals surface area contributed by atoms with Gasteiger partial charge in [-0.2, -0.15) is 0 Å². The standard InChI is InChI=1S/C14H15FN2O2/c1-9(15)14(19)16-6-10-5-11(8-16)12-3-2-4-13(18)17(12)7-10/h2-4,10-11H,1,5-8H2/t10-,11+/m0/s1. The van der Waals surface area contributed by atoms with Crippen molar-refractivity contribution in [2.75, 3.05) is 13.1 Å². The van der Waals surface area contributed by atoms with Gasteiger partial charge in [0.25, 0.3) is 11.5 Å². The summed E-state index contributed by atoms with van der Waals surface area (Å²) in [6, 6.07) is 5.21. The molecule has 1 saturated heterocycles. The zero-order valence-electron chi connectivity index (χ0n) is 10.5. The van der Waals surface area contributed by atoms with Gasteiger partial charge in [-0.1, -0.05) is 12.6 Å². The van der Waals surface area contributed by atoms with Crippen molar-refractivity contribution in [1.82, 2.24) is 9.47 Å². The summed E-state index contributed by atoms with van der Waals surface area (Å²) in [6.07, 6.45) is 0.950. The van der Waals surface area contributed by atoms with Crippen molar-refractivity contribution in [3.05, 3.63) is 46.7 Å². The van der Waals surface area contributed by atoms with Crippen LogP contribution in [0.3, 0.4) is 0 Å². The number of aromatic nitrogens is 1. The molecule has 0 spiro atoms. The van der Waals surface area contributed by atoms with E-state index in [1.807, 2.05) is 6.07 Å².